The van der Waals surface area contributed by atoms with Crippen LogP contribution in [0.2, 0.25) is 0 Å². The van der Waals surface area contributed by atoms with Crippen LogP contribution in [-0.2, 0) is 6.54 Å². The summed E-state index contributed by atoms with van der Waals surface area (Å²) in [4.78, 5) is 24.2. The molecular weight excluding hydrogens is 311 g/mol. The Balaban J connectivity index is 2.15. The Hall–Kier alpha value is -3.15. The molecule has 0 fully saturated rings. The first-order chi connectivity index (χ1) is 11.6. The largest absolute Gasteiger partial charge is 0.478 e. The summed E-state index contributed by atoms with van der Waals surface area (Å²) in [6.07, 6.45) is 0. The molecule has 2 aromatic carbocycles. The summed E-state index contributed by atoms with van der Waals surface area (Å²) in [5.74, 6) is -1.68. The molecule has 4 rings (SSSR count). The highest BCUT2D eigenvalue weighted by Crippen LogP contribution is 2.36. The second-order valence-corrected chi connectivity index (χ2v) is 5.64. The minimum Gasteiger partial charge on any atom is -0.478 e. The summed E-state index contributed by atoms with van der Waals surface area (Å²) in [6, 6.07) is 10.8. The van der Waals surface area contributed by atoms with Gasteiger partial charge in [0.2, 0.25) is 0 Å². The molecule has 0 radical (unpaired) electrons. The molecule has 1 aliphatic rings. The summed E-state index contributed by atoms with van der Waals surface area (Å²) >= 11 is 0. The number of nitrogens with zero attached hydrogens (tertiary/aromatic N) is 1. The van der Waals surface area contributed by atoms with Crippen molar-refractivity contribution in [2.75, 3.05) is 6.54 Å². The number of para-hydroxylation sites is 1. The van der Waals surface area contributed by atoms with E-state index in [2.05, 4.69) is 5.32 Å². The van der Waals surface area contributed by atoms with E-state index in [1.54, 1.807) is 30.3 Å². The molecule has 1 amide bonds. The summed E-state index contributed by atoms with van der Waals surface area (Å²) in [7, 11) is 0. The van der Waals surface area contributed by atoms with E-state index in [9.17, 15) is 19.1 Å². The Morgan fingerprint density at radius 3 is 2.62 bits per heavy atom. The highest BCUT2D eigenvalue weighted by atomic mass is 19.1. The van der Waals surface area contributed by atoms with Gasteiger partial charge < -0.3 is 15.0 Å². The van der Waals surface area contributed by atoms with Crippen LogP contribution >= 0.6 is 0 Å². The zero-order valence-electron chi connectivity index (χ0n) is 12.5. The molecule has 0 saturated carbocycles. The van der Waals surface area contributed by atoms with Crippen molar-refractivity contribution in [3.63, 3.8) is 0 Å². The first-order valence-corrected chi connectivity index (χ1v) is 7.50. The van der Waals surface area contributed by atoms with Gasteiger partial charge in [0, 0.05) is 18.5 Å². The number of carboxylic acids is 1. The Morgan fingerprint density at radius 1 is 1.17 bits per heavy atom. The first-order valence-electron chi connectivity index (χ1n) is 7.50. The average molecular weight is 324 g/mol. The van der Waals surface area contributed by atoms with E-state index < -0.39 is 5.97 Å². The van der Waals surface area contributed by atoms with Crippen molar-refractivity contribution in [3.05, 3.63) is 59.4 Å². The Bertz CT molecular complexity index is 990. The lowest BCUT2D eigenvalue weighted by molar-refractivity contribution is 0.0699. The number of carboxylic acid groups (broad SMARTS) is 1. The van der Waals surface area contributed by atoms with Gasteiger partial charge in [0.1, 0.15) is 5.82 Å². The van der Waals surface area contributed by atoms with Gasteiger partial charge in [-0.3, -0.25) is 4.79 Å². The summed E-state index contributed by atoms with van der Waals surface area (Å²) < 4.78 is 15.1. The van der Waals surface area contributed by atoms with Gasteiger partial charge in [-0.25, -0.2) is 9.18 Å². The number of carbonyl (C=O) groups excluding carboxylic acids is 1. The topological polar surface area (TPSA) is 71.3 Å². The van der Waals surface area contributed by atoms with Crippen molar-refractivity contribution < 1.29 is 19.1 Å². The smallest absolute Gasteiger partial charge is 0.338 e. The van der Waals surface area contributed by atoms with Crippen molar-refractivity contribution in [2.24, 2.45) is 0 Å². The zero-order valence-corrected chi connectivity index (χ0v) is 12.5. The molecule has 1 aliphatic heterocycles. The number of hydrogen-bond donors (Lipinski definition) is 2. The fourth-order valence-electron chi connectivity index (χ4n) is 3.32. The van der Waals surface area contributed by atoms with Crippen molar-refractivity contribution >= 4 is 22.8 Å². The van der Waals surface area contributed by atoms with E-state index in [-0.39, 0.29) is 17.3 Å². The van der Waals surface area contributed by atoms with Crippen LogP contribution in [0.1, 0.15) is 20.7 Å². The quantitative estimate of drug-likeness (QED) is 0.761. The molecule has 5 nitrogen and oxygen atoms in total. The molecule has 0 unspecified atom stereocenters. The number of halogens is 1. The molecule has 2 heterocycles. The molecule has 0 bridgehead atoms. The molecule has 0 spiro atoms. The third-order valence-electron chi connectivity index (χ3n) is 4.28. The highest BCUT2D eigenvalue weighted by Gasteiger charge is 2.27. The standard InChI is InChI=1S/C18H13FN2O3/c19-11-6-4-10(5-7-11)15-14(18(23)24)12-2-1-3-13-16(12)21(15)9-8-20-17(13)22/h1-7H,8-9H2,(H,20,22)(H,23,24). The second-order valence-electron chi connectivity index (χ2n) is 5.64. The van der Waals surface area contributed by atoms with Gasteiger partial charge in [0.25, 0.3) is 5.91 Å². The maximum Gasteiger partial charge on any atom is 0.338 e. The van der Waals surface area contributed by atoms with Gasteiger partial charge in [-0.05, 0) is 35.9 Å². The number of aromatic carboxylic acids is 1. The van der Waals surface area contributed by atoms with Crippen LogP contribution in [0.25, 0.3) is 22.2 Å². The molecule has 6 heteroatoms. The van der Waals surface area contributed by atoms with E-state index >= 15 is 0 Å². The number of benzene rings is 2. The molecular formula is C18H13FN2O3. The van der Waals surface area contributed by atoms with E-state index in [0.29, 0.717) is 40.8 Å². The minimum absolute atomic E-state index is 0.133. The van der Waals surface area contributed by atoms with Crippen LogP contribution in [0.15, 0.2) is 42.5 Å². The van der Waals surface area contributed by atoms with Gasteiger partial charge in [-0.1, -0.05) is 12.1 Å². The lowest BCUT2D eigenvalue weighted by Gasteiger charge is -2.10. The molecule has 1 aromatic heterocycles. The molecule has 2 N–H and O–H groups in total. The maximum atomic E-state index is 13.3. The van der Waals surface area contributed by atoms with Crippen LogP contribution in [0.4, 0.5) is 4.39 Å². The van der Waals surface area contributed by atoms with Gasteiger partial charge in [0.15, 0.2) is 0 Å². The van der Waals surface area contributed by atoms with Gasteiger partial charge >= 0.3 is 5.97 Å². The van der Waals surface area contributed by atoms with Crippen LogP contribution in [-0.4, -0.2) is 28.1 Å². The molecule has 120 valence electrons. The predicted octanol–water partition coefficient (Wildman–Crippen LogP) is 2.89. The number of aromatic nitrogens is 1. The highest BCUT2D eigenvalue weighted by molar-refractivity contribution is 6.15. The lowest BCUT2D eigenvalue weighted by Crippen LogP contribution is -2.24. The minimum atomic E-state index is -1.07. The average Bonchev–Trinajstić information content (AvgIpc) is 2.80. The van der Waals surface area contributed by atoms with E-state index in [0.717, 1.165) is 0 Å². The molecule has 0 atom stereocenters. The molecule has 24 heavy (non-hydrogen) atoms. The SMILES string of the molecule is O=C(O)c1c(-c2ccc(F)cc2)n2c3c(cccc13)C(=O)NCC2. The maximum absolute atomic E-state index is 13.3. The van der Waals surface area contributed by atoms with Crippen molar-refractivity contribution in [2.45, 2.75) is 6.54 Å². The van der Waals surface area contributed by atoms with Crippen molar-refractivity contribution in [1.29, 1.82) is 0 Å². The lowest BCUT2D eigenvalue weighted by atomic mass is 10.0. The van der Waals surface area contributed by atoms with Crippen molar-refractivity contribution in [3.8, 4) is 11.3 Å². The normalized spacial score (nSPS) is 13.6. The van der Waals surface area contributed by atoms with E-state index in [1.165, 1.54) is 12.1 Å². The number of rotatable bonds is 2. The summed E-state index contributed by atoms with van der Waals surface area (Å²) in [6.45, 7) is 0.837. The van der Waals surface area contributed by atoms with E-state index in [4.69, 9.17) is 0 Å². The number of carbonyl (C=O) groups is 2. The Kier molecular flexibility index (Phi) is 3.13. The first kappa shape index (κ1) is 14.4. The number of amides is 1. The van der Waals surface area contributed by atoms with Crippen LogP contribution < -0.4 is 5.32 Å². The Labute approximate surface area is 136 Å². The van der Waals surface area contributed by atoms with Crippen LogP contribution in [0, 0.1) is 5.82 Å². The summed E-state index contributed by atoms with van der Waals surface area (Å²) in [5.41, 5.74) is 2.27. The van der Waals surface area contributed by atoms with Gasteiger partial charge in [-0.2, -0.15) is 0 Å². The molecule has 0 aliphatic carbocycles. The predicted molar refractivity (Wildman–Crippen MR) is 86.6 cm³/mol. The Morgan fingerprint density at radius 2 is 1.92 bits per heavy atom. The molecule has 0 saturated heterocycles. The van der Waals surface area contributed by atoms with Crippen LogP contribution in [0.5, 0.6) is 0 Å². The van der Waals surface area contributed by atoms with E-state index in [1.807, 2.05) is 4.57 Å². The van der Waals surface area contributed by atoms with Crippen molar-refractivity contribution in [1.82, 2.24) is 9.88 Å². The van der Waals surface area contributed by atoms with Gasteiger partial charge in [-0.15, -0.1) is 0 Å². The fourth-order valence-corrected chi connectivity index (χ4v) is 3.32. The monoisotopic (exact) mass is 324 g/mol. The second kappa shape index (κ2) is 5.19. The third-order valence-corrected chi connectivity index (χ3v) is 4.28. The van der Waals surface area contributed by atoms with Crippen LogP contribution in [0.3, 0.4) is 0 Å². The fraction of sp³-hybridized carbons (Fsp3) is 0.111. The molecule has 3 aromatic rings. The zero-order chi connectivity index (χ0) is 16.8. The third kappa shape index (κ3) is 2.00. The summed E-state index contributed by atoms with van der Waals surface area (Å²) in [5, 5.41) is 13.1. The number of nitrogens with one attached hydrogen (secondary N) is 1. The number of hydrogen-bond acceptors (Lipinski definition) is 2. The van der Waals surface area contributed by atoms with Gasteiger partial charge in [0.05, 0.1) is 22.3 Å².